The van der Waals surface area contributed by atoms with E-state index in [1.165, 1.54) is 0 Å². The molecule has 0 bridgehead atoms. The van der Waals surface area contributed by atoms with Gasteiger partial charge in [-0.3, -0.25) is 4.21 Å². The maximum atomic E-state index is 11.6. The second-order valence-corrected chi connectivity index (χ2v) is 10.7. The third-order valence-corrected chi connectivity index (χ3v) is 7.31. The van der Waals surface area contributed by atoms with Crippen LogP contribution in [0.3, 0.4) is 0 Å². The number of hydrogen-bond donors (Lipinski definition) is 2. The molecule has 0 aliphatic carbocycles. The zero-order valence-corrected chi connectivity index (χ0v) is 21.3. The van der Waals surface area contributed by atoms with Crippen molar-refractivity contribution >= 4 is 34.0 Å². The molecule has 2 aromatic rings. The SMILES string of the molecule is CCS(=O)CC(O)COc1c(C)cc(C(C)(C)c2ccc(OCC(O)CCl)cc2)cc1Cl. The molecule has 2 aromatic carbocycles. The Balaban J connectivity index is 2.14. The summed E-state index contributed by atoms with van der Waals surface area (Å²) in [4.78, 5) is 0. The fraction of sp³-hybridized carbons (Fsp3) is 0.500. The highest BCUT2D eigenvalue weighted by atomic mass is 35.5. The van der Waals surface area contributed by atoms with E-state index in [0.29, 0.717) is 22.3 Å². The van der Waals surface area contributed by atoms with Crippen LogP contribution in [0.4, 0.5) is 0 Å². The molecule has 178 valence electrons. The van der Waals surface area contributed by atoms with Gasteiger partial charge >= 0.3 is 0 Å². The molecule has 0 radical (unpaired) electrons. The summed E-state index contributed by atoms with van der Waals surface area (Å²) in [6, 6.07) is 11.6. The molecule has 0 saturated carbocycles. The maximum absolute atomic E-state index is 11.6. The zero-order chi connectivity index (χ0) is 23.9. The lowest BCUT2D eigenvalue weighted by Gasteiger charge is -2.28. The number of ether oxygens (including phenoxy) is 2. The monoisotopic (exact) mass is 502 g/mol. The van der Waals surface area contributed by atoms with Crippen molar-refractivity contribution in [3.63, 3.8) is 0 Å². The Hall–Kier alpha value is -1.31. The van der Waals surface area contributed by atoms with Crippen LogP contribution >= 0.6 is 23.2 Å². The third-order valence-electron chi connectivity index (χ3n) is 5.27. The van der Waals surface area contributed by atoms with Gasteiger partial charge in [-0.15, -0.1) is 11.6 Å². The summed E-state index contributed by atoms with van der Waals surface area (Å²) in [5.74, 6) is 2.00. The number of benzene rings is 2. The zero-order valence-electron chi connectivity index (χ0n) is 18.9. The number of hydrogen-bond acceptors (Lipinski definition) is 5. The van der Waals surface area contributed by atoms with Crippen molar-refractivity contribution in [3.8, 4) is 11.5 Å². The number of aliphatic hydroxyl groups is 2. The molecule has 3 unspecified atom stereocenters. The first-order chi connectivity index (χ1) is 15.1. The van der Waals surface area contributed by atoms with E-state index < -0.39 is 23.0 Å². The van der Waals surface area contributed by atoms with Crippen LogP contribution in [0.25, 0.3) is 0 Å². The van der Waals surface area contributed by atoms with Crippen molar-refractivity contribution in [2.45, 2.75) is 45.3 Å². The minimum absolute atomic E-state index is 0.0366. The van der Waals surface area contributed by atoms with Gasteiger partial charge < -0.3 is 19.7 Å². The Morgan fingerprint density at radius 2 is 1.66 bits per heavy atom. The summed E-state index contributed by atoms with van der Waals surface area (Å²) >= 11 is 12.1. The van der Waals surface area contributed by atoms with E-state index in [1.807, 2.05) is 50.2 Å². The quantitative estimate of drug-likeness (QED) is 0.419. The normalized spacial score (nSPS) is 14.6. The molecule has 0 aromatic heterocycles. The van der Waals surface area contributed by atoms with Crippen LogP contribution in [0.15, 0.2) is 36.4 Å². The Kier molecular flexibility index (Phi) is 10.3. The Labute approximate surface area is 203 Å². The average molecular weight is 503 g/mol. The summed E-state index contributed by atoms with van der Waals surface area (Å²) in [7, 11) is -1.06. The molecule has 2 rings (SSSR count). The standard InChI is InChI=1S/C24H32Cl2O5S/c1-5-32(29)15-20(28)14-31-23-16(2)10-18(11-22(23)26)24(3,4)17-6-8-21(9-7-17)30-13-19(27)12-25/h6-11,19-20,27-28H,5,12-15H2,1-4H3. The fourth-order valence-electron chi connectivity index (χ4n) is 3.21. The largest absolute Gasteiger partial charge is 0.491 e. The van der Waals surface area contributed by atoms with Crippen LogP contribution in [0.5, 0.6) is 11.5 Å². The van der Waals surface area contributed by atoms with Gasteiger partial charge in [0, 0.05) is 22.0 Å². The van der Waals surface area contributed by atoms with Gasteiger partial charge in [-0.05, 0) is 41.8 Å². The molecule has 0 aliphatic rings. The van der Waals surface area contributed by atoms with Crippen LogP contribution in [-0.2, 0) is 16.2 Å². The van der Waals surface area contributed by atoms with E-state index in [9.17, 15) is 14.4 Å². The predicted octanol–water partition coefficient (Wildman–Crippen LogP) is 4.46. The molecule has 0 heterocycles. The minimum atomic E-state index is -1.06. The average Bonchev–Trinajstić information content (AvgIpc) is 2.76. The van der Waals surface area contributed by atoms with Crippen LogP contribution in [0.2, 0.25) is 5.02 Å². The van der Waals surface area contributed by atoms with Crippen LogP contribution in [0.1, 0.15) is 37.5 Å². The van der Waals surface area contributed by atoms with Crippen LogP contribution in [-0.4, -0.2) is 57.2 Å². The van der Waals surface area contributed by atoms with Crippen molar-refractivity contribution in [1.29, 1.82) is 0 Å². The molecule has 32 heavy (non-hydrogen) atoms. The topological polar surface area (TPSA) is 76.0 Å². The van der Waals surface area contributed by atoms with E-state index in [0.717, 1.165) is 16.7 Å². The molecular formula is C24H32Cl2O5S. The van der Waals surface area contributed by atoms with E-state index in [2.05, 4.69) is 13.8 Å². The van der Waals surface area contributed by atoms with E-state index in [-0.39, 0.29) is 30.3 Å². The van der Waals surface area contributed by atoms with E-state index >= 15 is 0 Å². The highest BCUT2D eigenvalue weighted by Crippen LogP contribution is 2.38. The highest BCUT2D eigenvalue weighted by Gasteiger charge is 2.25. The van der Waals surface area contributed by atoms with E-state index in [4.69, 9.17) is 32.7 Å². The number of alkyl halides is 1. The van der Waals surface area contributed by atoms with E-state index in [1.54, 1.807) is 0 Å². The van der Waals surface area contributed by atoms with Gasteiger partial charge in [-0.1, -0.05) is 50.6 Å². The third kappa shape index (κ3) is 7.35. The second-order valence-electron chi connectivity index (χ2n) is 8.23. The molecule has 0 amide bonds. The lowest BCUT2D eigenvalue weighted by molar-refractivity contribution is 0.125. The lowest BCUT2D eigenvalue weighted by atomic mass is 9.77. The maximum Gasteiger partial charge on any atom is 0.140 e. The molecule has 0 saturated heterocycles. The summed E-state index contributed by atoms with van der Waals surface area (Å²) in [6.45, 7) is 8.12. The molecule has 2 N–H and O–H groups in total. The Morgan fingerprint density at radius 3 is 2.22 bits per heavy atom. The second kappa shape index (κ2) is 12.2. The van der Waals surface area contributed by atoms with Crippen molar-refractivity contribution in [3.05, 3.63) is 58.1 Å². The molecule has 8 heteroatoms. The van der Waals surface area contributed by atoms with Crippen molar-refractivity contribution in [1.82, 2.24) is 0 Å². The van der Waals surface area contributed by atoms with Crippen LogP contribution < -0.4 is 9.47 Å². The first-order valence-corrected chi connectivity index (χ1v) is 12.9. The highest BCUT2D eigenvalue weighted by molar-refractivity contribution is 7.84. The Morgan fingerprint density at radius 1 is 1.03 bits per heavy atom. The van der Waals surface area contributed by atoms with Crippen molar-refractivity contribution in [2.75, 3.05) is 30.6 Å². The van der Waals surface area contributed by atoms with Gasteiger partial charge in [0.1, 0.15) is 30.8 Å². The summed E-state index contributed by atoms with van der Waals surface area (Å²) in [5.41, 5.74) is 2.62. The first kappa shape index (κ1) is 26.9. The molecule has 3 atom stereocenters. The summed E-state index contributed by atoms with van der Waals surface area (Å²) in [6.07, 6.45) is -1.51. The summed E-state index contributed by atoms with van der Waals surface area (Å²) in [5, 5.41) is 20.0. The fourth-order valence-corrected chi connectivity index (χ4v) is 4.38. The minimum Gasteiger partial charge on any atom is -0.491 e. The molecule has 0 aliphatic heterocycles. The van der Waals surface area contributed by atoms with Gasteiger partial charge in [0.25, 0.3) is 0 Å². The first-order valence-electron chi connectivity index (χ1n) is 10.5. The Bertz CT molecular complexity index is 879. The smallest absolute Gasteiger partial charge is 0.140 e. The predicted molar refractivity (Wildman–Crippen MR) is 132 cm³/mol. The van der Waals surface area contributed by atoms with Gasteiger partial charge in [-0.25, -0.2) is 0 Å². The molecule has 0 spiro atoms. The molecule has 0 fully saturated rings. The van der Waals surface area contributed by atoms with Crippen LogP contribution in [0, 0.1) is 6.92 Å². The van der Waals surface area contributed by atoms with Gasteiger partial charge in [-0.2, -0.15) is 0 Å². The number of aryl methyl sites for hydroxylation is 1. The van der Waals surface area contributed by atoms with Crippen molar-refractivity contribution < 1.29 is 23.9 Å². The van der Waals surface area contributed by atoms with Gasteiger partial charge in [0.2, 0.25) is 0 Å². The van der Waals surface area contributed by atoms with Gasteiger partial charge in [0.05, 0.1) is 22.8 Å². The number of halogens is 2. The number of aliphatic hydroxyl groups excluding tert-OH is 2. The lowest BCUT2D eigenvalue weighted by Crippen LogP contribution is -2.25. The summed E-state index contributed by atoms with van der Waals surface area (Å²) < 4.78 is 22.9. The van der Waals surface area contributed by atoms with Gasteiger partial charge in [0.15, 0.2) is 0 Å². The molecular weight excluding hydrogens is 471 g/mol. The van der Waals surface area contributed by atoms with Crippen molar-refractivity contribution in [2.24, 2.45) is 0 Å². The molecule has 5 nitrogen and oxygen atoms in total. The number of rotatable bonds is 12.